The van der Waals surface area contributed by atoms with Gasteiger partial charge in [-0.2, -0.15) is 0 Å². The molecule has 2 atom stereocenters. The van der Waals surface area contributed by atoms with E-state index < -0.39 is 20.6 Å². The van der Waals surface area contributed by atoms with Crippen molar-refractivity contribution in [2.75, 3.05) is 0 Å². The molecule has 5 heteroatoms. The Labute approximate surface area is 70.0 Å². The maximum absolute atomic E-state index is 12.8. The minimum absolute atomic E-state index is 0.363. The van der Waals surface area contributed by atoms with E-state index in [0.29, 0.717) is 10.5 Å². The predicted molar refractivity (Wildman–Crippen MR) is 48.4 cm³/mol. The summed E-state index contributed by atoms with van der Waals surface area (Å²) in [5.41, 5.74) is 0. The molecule has 0 fully saturated rings. The lowest BCUT2D eigenvalue weighted by atomic mass is 10.7. The van der Waals surface area contributed by atoms with Crippen molar-refractivity contribution in [2.24, 2.45) is 0 Å². The first-order valence-corrected chi connectivity index (χ1v) is 5.85. The van der Waals surface area contributed by atoms with E-state index in [1.165, 1.54) is 0 Å². The number of rotatable bonds is 5. The zero-order chi connectivity index (χ0) is 8.85. The van der Waals surface area contributed by atoms with E-state index in [4.69, 9.17) is 4.12 Å². The van der Waals surface area contributed by atoms with Crippen LogP contribution in [0.15, 0.2) is 25.3 Å². The van der Waals surface area contributed by atoms with Gasteiger partial charge in [-0.3, -0.25) is 0 Å². The van der Waals surface area contributed by atoms with Gasteiger partial charge in [0.05, 0.1) is 0 Å². The Balaban J connectivity index is 4.13. The molecule has 64 valence electrons. The summed E-state index contributed by atoms with van der Waals surface area (Å²) in [6, 6.07) is 0. The lowest BCUT2D eigenvalue weighted by Gasteiger charge is -2.16. The van der Waals surface area contributed by atoms with Crippen molar-refractivity contribution in [2.45, 2.75) is 11.6 Å². The third-order valence-electron chi connectivity index (χ3n) is 1.35. The molecule has 11 heavy (non-hydrogen) atoms. The molecule has 0 aromatic heterocycles. The molecule has 0 saturated carbocycles. The van der Waals surface area contributed by atoms with Crippen LogP contribution in [0.2, 0.25) is 0 Å². The van der Waals surface area contributed by atoms with Crippen LogP contribution >= 0.6 is 0 Å². The van der Waals surface area contributed by atoms with Gasteiger partial charge in [0.2, 0.25) is 9.04 Å². The molecule has 0 aromatic carbocycles. The highest BCUT2D eigenvalue weighted by Crippen LogP contribution is 2.08. The van der Waals surface area contributed by atoms with Crippen molar-refractivity contribution in [3.05, 3.63) is 25.3 Å². The van der Waals surface area contributed by atoms with Gasteiger partial charge in [-0.25, -0.2) is 8.78 Å². The van der Waals surface area contributed by atoms with Crippen LogP contribution in [0.5, 0.6) is 0 Å². The quantitative estimate of drug-likeness (QED) is 0.447. The molecular weight excluding hydrogens is 182 g/mol. The molecule has 0 N–H and O–H groups in total. The van der Waals surface area contributed by atoms with E-state index in [9.17, 15) is 8.78 Å². The molecule has 0 heterocycles. The van der Waals surface area contributed by atoms with Gasteiger partial charge < -0.3 is 4.12 Å². The molecule has 0 radical (unpaired) electrons. The van der Waals surface area contributed by atoms with Crippen LogP contribution in [-0.2, 0) is 4.12 Å². The van der Waals surface area contributed by atoms with Gasteiger partial charge in [0.25, 0.3) is 0 Å². The molecule has 2 unspecified atom stereocenters. The van der Waals surface area contributed by atoms with E-state index in [2.05, 4.69) is 13.2 Å². The Morgan fingerprint density at radius 2 is 1.64 bits per heavy atom. The second-order valence-electron chi connectivity index (χ2n) is 2.06. The van der Waals surface area contributed by atoms with E-state index in [1.54, 1.807) is 0 Å². The number of alkyl halides is 2. The summed E-state index contributed by atoms with van der Waals surface area (Å²) in [5, 5.41) is 0. The molecular formula is C6H12F2OSi2. The van der Waals surface area contributed by atoms with Gasteiger partial charge >= 0.3 is 0 Å². The van der Waals surface area contributed by atoms with Gasteiger partial charge in [0, 0.05) is 0 Å². The molecule has 0 rings (SSSR count). The van der Waals surface area contributed by atoms with Crippen LogP contribution < -0.4 is 0 Å². The SMILES string of the molecule is C=CC(F)[SiH](O[SiH3])C(F)C=C. The first-order chi connectivity index (χ1) is 5.17. The normalized spacial score (nSPS) is 18.7. The van der Waals surface area contributed by atoms with Crippen molar-refractivity contribution in [1.82, 2.24) is 0 Å². The molecule has 0 spiro atoms. The summed E-state index contributed by atoms with van der Waals surface area (Å²) in [4.78, 5) is 0. The average Bonchev–Trinajstić information content (AvgIpc) is 2.05. The molecule has 0 aliphatic heterocycles. The predicted octanol–water partition coefficient (Wildman–Crippen LogP) is 0.134. The molecule has 0 aliphatic rings. The number of allylic oxidation sites excluding steroid dienone is 2. The summed E-state index contributed by atoms with van der Waals surface area (Å²) in [6.45, 7) is 6.48. The molecule has 1 nitrogen and oxygen atoms in total. The maximum Gasteiger partial charge on any atom is 0.243 e. The third kappa shape index (κ3) is 3.09. The van der Waals surface area contributed by atoms with Crippen molar-refractivity contribution >= 4 is 19.5 Å². The molecule has 0 amide bonds. The Bertz CT molecular complexity index is 129. The highest BCUT2D eigenvalue weighted by molar-refractivity contribution is 6.59. The highest BCUT2D eigenvalue weighted by atomic mass is 28.3. The van der Waals surface area contributed by atoms with Crippen LogP contribution in [0, 0.1) is 0 Å². The van der Waals surface area contributed by atoms with E-state index >= 15 is 0 Å². The minimum Gasteiger partial charge on any atom is -0.462 e. The fourth-order valence-corrected chi connectivity index (χ4v) is 3.67. The average molecular weight is 194 g/mol. The van der Waals surface area contributed by atoms with Crippen LogP contribution in [0.3, 0.4) is 0 Å². The minimum atomic E-state index is -2.41. The second kappa shape index (κ2) is 5.39. The fourth-order valence-electron chi connectivity index (χ4n) is 0.704. The zero-order valence-electron chi connectivity index (χ0n) is 6.47. The highest BCUT2D eigenvalue weighted by Gasteiger charge is 2.27. The Kier molecular flexibility index (Phi) is 5.26. The Morgan fingerprint density at radius 1 is 1.27 bits per heavy atom. The first-order valence-electron chi connectivity index (χ1n) is 3.23. The van der Waals surface area contributed by atoms with Gasteiger partial charge in [-0.15, -0.1) is 13.2 Å². The van der Waals surface area contributed by atoms with Crippen molar-refractivity contribution in [3.8, 4) is 0 Å². The van der Waals surface area contributed by atoms with Gasteiger partial charge in [-0.05, 0) is 0 Å². The summed E-state index contributed by atoms with van der Waals surface area (Å²) < 4.78 is 30.4. The monoisotopic (exact) mass is 194 g/mol. The van der Waals surface area contributed by atoms with Crippen molar-refractivity contribution in [3.63, 3.8) is 0 Å². The van der Waals surface area contributed by atoms with Crippen LogP contribution in [0.1, 0.15) is 0 Å². The van der Waals surface area contributed by atoms with Gasteiger partial charge in [-0.1, -0.05) is 12.2 Å². The molecule has 0 aliphatic carbocycles. The standard InChI is InChI=1S/C6H12F2OSi2/c1-3-5(7)11(9-10)6(8)4-2/h3-6,11H,1-2H2,10H3. The van der Waals surface area contributed by atoms with E-state index in [1.807, 2.05) is 0 Å². The Morgan fingerprint density at radius 3 is 1.82 bits per heavy atom. The first kappa shape index (κ1) is 10.7. The second-order valence-corrected chi connectivity index (χ2v) is 6.15. The topological polar surface area (TPSA) is 9.23 Å². The van der Waals surface area contributed by atoms with Crippen molar-refractivity contribution < 1.29 is 12.9 Å². The van der Waals surface area contributed by atoms with E-state index in [0.717, 1.165) is 12.2 Å². The summed E-state index contributed by atoms with van der Waals surface area (Å²) in [6.07, 6.45) is 2.18. The van der Waals surface area contributed by atoms with Crippen LogP contribution in [0.4, 0.5) is 8.78 Å². The molecule has 0 saturated heterocycles. The lowest BCUT2D eigenvalue weighted by Crippen LogP contribution is -2.38. The molecule has 0 bridgehead atoms. The number of hydrogen-bond donors (Lipinski definition) is 0. The van der Waals surface area contributed by atoms with Crippen LogP contribution in [-0.4, -0.2) is 31.1 Å². The summed E-state index contributed by atoms with van der Waals surface area (Å²) in [5.74, 6) is -2.64. The largest absolute Gasteiger partial charge is 0.462 e. The van der Waals surface area contributed by atoms with Crippen LogP contribution in [0.25, 0.3) is 0 Å². The smallest absolute Gasteiger partial charge is 0.243 e. The maximum atomic E-state index is 12.8. The number of hydrogen-bond acceptors (Lipinski definition) is 1. The van der Waals surface area contributed by atoms with Gasteiger partial charge in [0.15, 0.2) is 0 Å². The van der Waals surface area contributed by atoms with Crippen molar-refractivity contribution in [1.29, 1.82) is 0 Å². The lowest BCUT2D eigenvalue weighted by molar-refractivity contribution is 0.396. The van der Waals surface area contributed by atoms with E-state index in [-0.39, 0.29) is 0 Å². The molecule has 0 aromatic rings. The number of halogens is 2. The van der Waals surface area contributed by atoms with Gasteiger partial charge in [0.1, 0.15) is 22.1 Å². The third-order valence-corrected chi connectivity index (χ3v) is 5.33. The fraction of sp³-hybridized carbons (Fsp3) is 0.333. The summed E-state index contributed by atoms with van der Waals surface area (Å²) >= 11 is 0. The Hall–Kier alpha value is -0.266. The zero-order valence-corrected chi connectivity index (χ0v) is 9.62. The summed E-state index contributed by atoms with van der Waals surface area (Å²) in [7, 11) is -2.05.